The van der Waals surface area contributed by atoms with Gasteiger partial charge in [-0.3, -0.25) is 4.79 Å². The number of fused-ring (bicyclic) bond motifs is 1. The second-order valence-corrected chi connectivity index (χ2v) is 9.10. The van der Waals surface area contributed by atoms with E-state index in [1.807, 2.05) is 30.3 Å². The molecule has 2 aromatic rings. The molecule has 0 aromatic heterocycles. The van der Waals surface area contributed by atoms with Crippen LogP contribution in [0.15, 0.2) is 52.5 Å². The number of benzene rings is 2. The van der Waals surface area contributed by atoms with E-state index in [-0.39, 0.29) is 11.4 Å². The first-order valence-corrected chi connectivity index (χ1v) is 10.8. The van der Waals surface area contributed by atoms with E-state index >= 15 is 0 Å². The van der Waals surface area contributed by atoms with Gasteiger partial charge in [0.2, 0.25) is 5.91 Å². The van der Waals surface area contributed by atoms with E-state index in [2.05, 4.69) is 55.4 Å². The highest BCUT2D eigenvalue weighted by Gasteiger charge is 2.33. The van der Waals surface area contributed by atoms with Gasteiger partial charge < -0.3 is 9.64 Å². The van der Waals surface area contributed by atoms with Gasteiger partial charge in [-0.05, 0) is 73.7 Å². The summed E-state index contributed by atoms with van der Waals surface area (Å²) in [6.45, 7) is 6.83. The smallest absolute Gasteiger partial charge is 0.250 e. The first kappa shape index (κ1) is 21.2. The molecule has 5 nitrogen and oxygen atoms in total. The highest BCUT2D eigenvalue weighted by atomic mass is 32.2. The summed E-state index contributed by atoms with van der Waals surface area (Å²) in [4.78, 5) is 15.4. The lowest BCUT2D eigenvalue weighted by Gasteiger charge is -2.45. The van der Waals surface area contributed by atoms with E-state index in [4.69, 9.17) is 4.74 Å². The third-order valence-corrected chi connectivity index (χ3v) is 6.50. The number of anilines is 1. The zero-order valence-corrected chi connectivity index (χ0v) is 18.5. The quantitative estimate of drug-likeness (QED) is 0.427. The average Bonchev–Trinajstić information content (AvgIpc) is 2.71. The molecule has 0 saturated heterocycles. The van der Waals surface area contributed by atoms with Gasteiger partial charge in [0.05, 0.1) is 19.1 Å². The summed E-state index contributed by atoms with van der Waals surface area (Å²) in [6, 6.07) is 14.0. The van der Waals surface area contributed by atoms with Crippen LogP contribution in [0, 0.1) is 0 Å². The zero-order chi connectivity index (χ0) is 21.0. The van der Waals surface area contributed by atoms with E-state index in [0.717, 1.165) is 22.6 Å². The predicted molar refractivity (Wildman–Crippen MR) is 121 cm³/mol. The Labute approximate surface area is 177 Å². The molecule has 1 heterocycles. The van der Waals surface area contributed by atoms with Crippen LogP contribution in [0.4, 0.5) is 5.69 Å². The fraction of sp³-hybridized carbons (Fsp3) is 0.391. The number of thioether (sulfide) groups is 1. The number of nitrogens with one attached hydrogen (secondary N) is 1. The number of hydrogen-bond acceptors (Lipinski definition) is 5. The maximum Gasteiger partial charge on any atom is 0.250 e. The van der Waals surface area contributed by atoms with E-state index < -0.39 is 0 Å². The van der Waals surface area contributed by atoms with Crippen molar-refractivity contribution in [2.45, 2.75) is 43.5 Å². The SMILES string of the molecule is COc1ccc(SCC(=O)N/N=C/c2ccc3c(c2)C(C)CC(C)(C)N3C)cc1. The molecule has 1 atom stereocenters. The normalized spacial score (nSPS) is 17.8. The number of amides is 1. The van der Waals surface area contributed by atoms with Gasteiger partial charge in [-0.2, -0.15) is 5.10 Å². The molecule has 6 heteroatoms. The van der Waals surface area contributed by atoms with Crippen molar-refractivity contribution >= 4 is 29.6 Å². The summed E-state index contributed by atoms with van der Waals surface area (Å²) in [5, 5.41) is 4.13. The highest BCUT2D eigenvalue weighted by molar-refractivity contribution is 8.00. The maximum atomic E-state index is 12.1. The minimum absolute atomic E-state index is 0.130. The Morgan fingerprint density at radius 3 is 2.72 bits per heavy atom. The van der Waals surface area contributed by atoms with Crippen LogP contribution in [0.1, 0.15) is 44.2 Å². The van der Waals surface area contributed by atoms with Crippen molar-refractivity contribution in [3.05, 3.63) is 53.6 Å². The van der Waals surface area contributed by atoms with Crippen LogP contribution in [0.2, 0.25) is 0 Å². The lowest BCUT2D eigenvalue weighted by molar-refractivity contribution is -0.118. The van der Waals surface area contributed by atoms with Gasteiger partial charge in [0.15, 0.2) is 0 Å². The fourth-order valence-electron chi connectivity index (χ4n) is 3.71. The monoisotopic (exact) mass is 411 g/mol. The van der Waals surface area contributed by atoms with Gasteiger partial charge in [0.25, 0.3) is 0 Å². The Hall–Kier alpha value is -2.47. The molecule has 0 fully saturated rings. The number of hydrogen-bond donors (Lipinski definition) is 1. The number of ether oxygens (including phenoxy) is 1. The standard InChI is InChI=1S/C23H29N3O2S/c1-16-13-23(2,3)26(4)21-11-6-17(12-20(16)21)14-24-25-22(27)15-29-19-9-7-18(28-5)8-10-19/h6-12,14,16H,13,15H2,1-5H3,(H,25,27)/b24-14+. The summed E-state index contributed by atoms with van der Waals surface area (Å²) in [5.41, 5.74) is 6.35. The van der Waals surface area contributed by atoms with Gasteiger partial charge in [0.1, 0.15) is 5.75 Å². The molecule has 154 valence electrons. The molecule has 0 radical (unpaired) electrons. The topological polar surface area (TPSA) is 53.9 Å². The van der Waals surface area contributed by atoms with Crippen molar-refractivity contribution < 1.29 is 9.53 Å². The number of methoxy groups -OCH3 is 1. The molecule has 1 amide bonds. The Balaban J connectivity index is 1.56. The molecule has 3 rings (SSSR count). The Morgan fingerprint density at radius 2 is 2.03 bits per heavy atom. The number of hydrazone groups is 1. The van der Waals surface area contributed by atoms with Gasteiger partial charge in [-0.1, -0.05) is 13.0 Å². The second kappa shape index (κ2) is 8.91. The fourth-order valence-corrected chi connectivity index (χ4v) is 4.40. The zero-order valence-electron chi connectivity index (χ0n) is 17.7. The largest absolute Gasteiger partial charge is 0.497 e. The summed E-state index contributed by atoms with van der Waals surface area (Å²) in [6.07, 6.45) is 2.82. The van der Waals surface area contributed by atoms with E-state index in [0.29, 0.717) is 11.7 Å². The molecule has 1 unspecified atom stereocenters. The number of carbonyl (C=O) groups is 1. The van der Waals surface area contributed by atoms with Crippen molar-refractivity contribution in [3.8, 4) is 5.75 Å². The minimum atomic E-state index is -0.130. The third kappa shape index (κ3) is 5.12. The van der Waals surface area contributed by atoms with Crippen molar-refractivity contribution in [3.63, 3.8) is 0 Å². The van der Waals surface area contributed by atoms with Crippen LogP contribution in [0.5, 0.6) is 5.75 Å². The number of carbonyl (C=O) groups excluding carboxylic acids is 1. The molecule has 1 N–H and O–H groups in total. The van der Waals surface area contributed by atoms with Crippen LogP contribution in [-0.4, -0.2) is 37.6 Å². The molecule has 1 aliphatic heterocycles. The van der Waals surface area contributed by atoms with Crippen molar-refractivity contribution in [1.82, 2.24) is 5.43 Å². The molecular formula is C23H29N3O2S. The Morgan fingerprint density at radius 1 is 1.31 bits per heavy atom. The van der Waals surface area contributed by atoms with Gasteiger partial charge >= 0.3 is 0 Å². The minimum Gasteiger partial charge on any atom is -0.497 e. The van der Waals surface area contributed by atoms with Crippen LogP contribution in [0.3, 0.4) is 0 Å². The average molecular weight is 412 g/mol. The molecular weight excluding hydrogens is 382 g/mol. The first-order chi connectivity index (χ1) is 13.8. The highest BCUT2D eigenvalue weighted by Crippen LogP contribution is 2.42. The van der Waals surface area contributed by atoms with Crippen molar-refractivity contribution in [2.75, 3.05) is 24.8 Å². The third-order valence-electron chi connectivity index (χ3n) is 5.49. The Kier molecular flexibility index (Phi) is 6.52. The Bertz CT molecular complexity index is 893. The van der Waals surface area contributed by atoms with Gasteiger partial charge in [-0.25, -0.2) is 5.43 Å². The predicted octanol–water partition coefficient (Wildman–Crippen LogP) is 4.66. The second-order valence-electron chi connectivity index (χ2n) is 8.05. The molecule has 1 aliphatic rings. The number of nitrogens with zero attached hydrogens (tertiary/aromatic N) is 2. The molecule has 2 aromatic carbocycles. The summed E-state index contributed by atoms with van der Waals surface area (Å²) in [7, 11) is 3.79. The van der Waals surface area contributed by atoms with Crippen molar-refractivity contribution in [2.24, 2.45) is 5.10 Å². The summed E-state index contributed by atoms with van der Waals surface area (Å²) < 4.78 is 5.14. The lowest BCUT2D eigenvalue weighted by atomic mass is 9.80. The van der Waals surface area contributed by atoms with Crippen LogP contribution >= 0.6 is 11.8 Å². The molecule has 29 heavy (non-hydrogen) atoms. The first-order valence-electron chi connectivity index (χ1n) is 9.76. The maximum absolute atomic E-state index is 12.1. The van der Waals surface area contributed by atoms with E-state index in [1.54, 1.807) is 13.3 Å². The van der Waals surface area contributed by atoms with Gasteiger partial charge in [-0.15, -0.1) is 11.8 Å². The molecule has 0 bridgehead atoms. The van der Waals surface area contributed by atoms with Gasteiger partial charge in [0, 0.05) is 23.2 Å². The number of rotatable bonds is 6. The van der Waals surface area contributed by atoms with Crippen LogP contribution in [0.25, 0.3) is 0 Å². The summed E-state index contributed by atoms with van der Waals surface area (Å²) in [5.74, 6) is 1.47. The van der Waals surface area contributed by atoms with E-state index in [9.17, 15) is 4.79 Å². The summed E-state index contributed by atoms with van der Waals surface area (Å²) >= 11 is 1.47. The van der Waals surface area contributed by atoms with E-state index in [1.165, 1.54) is 23.0 Å². The molecule has 0 saturated carbocycles. The molecule has 0 spiro atoms. The lowest BCUT2D eigenvalue weighted by Crippen LogP contribution is -2.45. The molecule has 0 aliphatic carbocycles. The van der Waals surface area contributed by atoms with Crippen LogP contribution in [-0.2, 0) is 4.79 Å². The van der Waals surface area contributed by atoms with Crippen LogP contribution < -0.4 is 15.1 Å². The van der Waals surface area contributed by atoms with Crippen molar-refractivity contribution in [1.29, 1.82) is 0 Å².